The van der Waals surface area contributed by atoms with Crippen molar-refractivity contribution < 1.29 is 4.74 Å². The molecule has 2 N–H and O–H groups in total. The Morgan fingerprint density at radius 3 is 2.58 bits per heavy atom. The van der Waals surface area contributed by atoms with Crippen molar-refractivity contribution in [3.8, 4) is 5.75 Å². The molecule has 1 unspecified atom stereocenters. The van der Waals surface area contributed by atoms with Gasteiger partial charge in [0.1, 0.15) is 17.9 Å². The minimum atomic E-state index is -0.480. The summed E-state index contributed by atoms with van der Waals surface area (Å²) in [6.45, 7) is 4.84. The fraction of sp³-hybridized carbons (Fsp3) is 0.429. The van der Waals surface area contributed by atoms with E-state index in [0.717, 1.165) is 23.7 Å². The lowest BCUT2D eigenvalue weighted by Crippen LogP contribution is -2.36. The topological polar surface area (TPSA) is 66.0 Å². The Morgan fingerprint density at radius 2 is 2.00 bits per heavy atom. The molecule has 5 nitrogen and oxygen atoms in total. The predicted molar refractivity (Wildman–Crippen MR) is 73.9 cm³/mol. The molecule has 1 aromatic carbocycles. The van der Waals surface area contributed by atoms with Crippen LogP contribution in [0.2, 0.25) is 0 Å². The third-order valence-electron chi connectivity index (χ3n) is 3.27. The molecule has 0 saturated carbocycles. The average Bonchev–Trinajstić information content (AvgIpc) is 2.85. The Balaban J connectivity index is 2.21. The molecule has 0 aliphatic heterocycles. The molecule has 0 spiro atoms. The third kappa shape index (κ3) is 2.93. The molecule has 0 amide bonds. The number of methoxy groups -OCH3 is 1. The molecular weight excluding hydrogens is 240 g/mol. The smallest absolute Gasteiger partial charge is 0.138 e. The van der Waals surface area contributed by atoms with Gasteiger partial charge >= 0.3 is 0 Å². The first-order valence-electron chi connectivity index (χ1n) is 6.37. The molecular formula is C14H20N4O. The molecule has 0 fully saturated rings. The Labute approximate surface area is 113 Å². The van der Waals surface area contributed by atoms with Crippen LogP contribution >= 0.6 is 0 Å². The van der Waals surface area contributed by atoms with Gasteiger partial charge in [-0.3, -0.25) is 4.68 Å². The highest BCUT2D eigenvalue weighted by molar-refractivity contribution is 5.31. The zero-order valence-corrected chi connectivity index (χ0v) is 11.6. The van der Waals surface area contributed by atoms with Gasteiger partial charge in [-0.2, -0.15) is 5.10 Å². The van der Waals surface area contributed by atoms with E-state index >= 15 is 0 Å². The zero-order chi connectivity index (χ0) is 13.9. The van der Waals surface area contributed by atoms with E-state index in [1.54, 1.807) is 13.4 Å². The summed E-state index contributed by atoms with van der Waals surface area (Å²) in [4.78, 5) is 4.28. The van der Waals surface area contributed by atoms with Gasteiger partial charge in [-0.1, -0.05) is 12.1 Å². The van der Waals surface area contributed by atoms with Gasteiger partial charge in [0.25, 0.3) is 0 Å². The highest BCUT2D eigenvalue weighted by atomic mass is 16.5. The molecule has 2 rings (SSSR count). The van der Waals surface area contributed by atoms with Crippen molar-refractivity contribution in [2.24, 2.45) is 5.73 Å². The summed E-state index contributed by atoms with van der Waals surface area (Å²) < 4.78 is 7.03. The molecule has 1 aromatic heterocycles. The minimum Gasteiger partial charge on any atom is -0.497 e. The van der Waals surface area contributed by atoms with Crippen LogP contribution in [0.1, 0.15) is 25.2 Å². The maximum Gasteiger partial charge on any atom is 0.138 e. The summed E-state index contributed by atoms with van der Waals surface area (Å²) in [5, 5.41) is 4.17. The van der Waals surface area contributed by atoms with Gasteiger partial charge in [0.15, 0.2) is 0 Å². The molecule has 0 radical (unpaired) electrons. The summed E-state index contributed by atoms with van der Waals surface area (Å²) >= 11 is 0. The van der Waals surface area contributed by atoms with Crippen LogP contribution in [0.15, 0.2) is 30.6 Å². The van der Waals surface area contributed by atoms with Crippen molar-refractivity contribution in [3.63, 3.8) is 0 Å². The SMILES string of the molecule is CCn1ncnc1CC(C)(N)c1ccc(OC)cc1. The molecule has 0 aliphatic rings. The second-order valence-corrected chi connectivity index (χ2v) is 4.81. The van der Waals surface area contributed by atoms with Gasteiger partial charge in [0, 0.05) is 18.5 Å². The van der Waals surface area contributed by atoms with E-state index in [4.69, 9.17) is 10.5 Å². The number of nitrogens with two attached hydrogens (primary N) is 1. The van der Waals surface area contributed by atoms with Crippen LogP contribution in [0, 0.1) is 0 Å². The average molecular weight is 260 g/mol. The van der Waals surface area contributed by atoms with Crippen molar-refractivity contribution in [1.29, 1.82) is 0 Å². The van der Waals surface area contributed by atoms with Crippen LogP contribution in [-0.2, 0) is 18.5 Å². The van der Waals surface area contributed by atoms with E-state index in [2.05, 4.69) is 10.1 Å². The van der Waals surface area contributed by atoms with E-state index < -0.39 is 5.54 Å². The molecule has 1 heterocycles. The highest BCUT2D eigenvalue weighted by Gasteiger charge is 2.24. The van der Waals surface area contributed by atoms with E-state index in [9.17, 15) is 0 Å². The number of hydrogen-bond donors (Lipinski definition) is 1. The van der Waals surface area contributed by atoms with E-state index in [0.29, 0.717) is 6.42 Å². The van der Waals surface area contributed by atoms with Gasteiger partial charge in [0.05, 0.1) is 7.11 Å². The van der Waals surface area contributed by atoms with Crippen molar-refractivity contribution in [2.75, 3.05) is 7.11 Å². The lowest BCUT2D eigenvalue weighted by molar-refractivity contribution is 0.413. The number of aromatic nitrogens is 3. The number of hydrogen-bond acceptors (Lipinski definition) is 4. The molecule has 5 heteroatoms. The summed E-state index contributed by atoms with van der Waals surface area (Å²) in [5.74, 6) is 1.74. The summed E-state index contributed by atoms with van der Waals surface area (Å²) in [7, 11) is 1.65. The molecule has 0 bridgehead atoms. The van der Waals surface area contributed by atoms with E-state index in [1.165, 1.54) is 0 Å². The molecule has 0 aliphatic carbocycles. The first-order valence-corrected chi connectivity index (χ1v) is 6.37. The fourth-order valence-corrected chi connectivity index (χ4v) is 2.09. The van der Waals surface area contributed by atoms with Crippen LogP contribution in [0.5, 0.6) is 5.75 Å². The highest BCUT2D eigenvalue weighted by Crippen LogP contribution is 2.24. The first-order chi connectivity index (χ1) is 9.06. The Bertz CT molecular complexity index is 531. The van der Waals surface area contributed by atoms with Gasteiger partial charge in [-0.15, -0.1) is 0 Å². The number of rotatable bonds is 5. The standard InChI is InChI=1S/C14H20N4O/c1-4-18-13(16-10-17-18)9-14(2,15)11-5-7-12(19-3)8-6-11/h5-8,10H,4,9,15H2,1-3H3. The van der Waals surface area contributed by atoms with E-state index in [1.807, 2.05) is 42.8 Å². The second-order valence-electron chi connectivity index (χ2n) is 4.81. The van der Waals surface area contributed by atoms with Gasteiger partial charge in [-0.25, -0.2) is 4.98 Å². The summed E-state index contributed by atoms with van der Waals surface area (Å²) in [6, 6.07) is 7.83. The number of ether oxygens (including phenoxy) is 1. The molecule has 0 saturated heterocycles. The van der Waals surface area contributed by atoms with Crippen molar-refractivity contribution in [1.82, 2.24) is 14.8 Å². The number of nitrogens with zero attached hydrogens (tertiary/aromatic N) is 3. The van der Waals surface area contributed by atoms with Crippen LogP contribution in [0.4, 0.5) is 0 Å². The van der Waals surface area contributed by atoms with Crippen LogP contribution < -0.4 is 10.5 Å². The van der Waals surface area contributed by atoms with Gasteiger partial charge in [0.2, 0.25) is 0 Å². The molecule has 2 aromatic rings. The van der Waals surface area contributed by atoms with Crippen LogP contribution in [0.3, 0.4) is 0 Å². The minimum absolute atomic E-state index is 0.480. The Hall–Kier alpha value is -1.88. The van der Waals surface area contributed by atoms with Gasteiger partial charge in [-0.05, 0) is 31.5 Å². The summed E-state index contributed by atoms with van der Waals surface area (Å²) in [6.07, 6.45) is 2.22. The number of benzene rings is 1. The Kier molecular flexibility index (Phi) is 3.85. The quantitative estimate of drug-likeness (QED) is 0.889. The van der Waals surface area contributed by atoms with Crippen molar-refractivity contribution >= 4 is 0 Å². The molecule has 19 heavy (non-hydrogen) atoms. The first kappa shape index (κ1) is 13.5. The monoisotopic (exact) mass is 260 g/mol. The maximum absolute atomic E-state index is 6.42. The summed E-state index contributed by atoms with van der Waals surface area (Å²) in [5.41, 5.74) is 7.00. The van der Waals surface area contributed by atoms with Crippen molar-refractivity contribution in [2.45, 2.75) is 32.4 Å². The second kappa shape index (κ2) is 5.40. The Morgan fingerprint density at radius 1 is 1.32 bits per heavy atom. The lowest BCUT2D eigenvalue weighted by atomic mass is 9.89. The fourth-order valence-electron chi connectivity index (χ4n) is 2.09. The largest absolute Gasteiger partial charge is 0.497 e. The predicted octanol–water partition coefficient (Wildman–Crippen LogP) is 1.72. The van der Waals surface area contributed by atoms with Gasteiger partial charge < -0.3 is 10.5 Å². The van der Waals surface area contributed by atoms with Crippen LogP contribution in [0.25, 0.3) is 0 Å². The molecule has 102 valence electrons. The molecule has 1 atom stereocenters. The van der Waals surface area contributed by atoms with E-state index in [-0.39, 0.29) is 0 Å². The normalized spacial score (nSPS) is 14.1. The van der Waals surface area contributed by atoms with Crippen LogP contribution in [-0.4, -0.2) is 21.9 Å². The zero-order valence-electron chi connectivity index (χ0n) is 11.6. The van der Waals surface area contributed by atoms with Crippen molar-refractivity contribution in [3.05, 3.63) is 42.0 Å². The number of aryl methyl sites for hydroxylation is 1. The maximum atomic E-state index is 6.42. The lowest BCUT2D eigenvalue weighted by Gasteiger charge is -2.25. The third-order valence-corrected chi connectivity index (χ3v) is 3.27.